The van der Waals surface area contributed by atoms with E-state index in [2.05, 4.69) is 24.7 Å². The van der Waals surface area contributed by atoms with Gasteiger partial charge in [0, 0.05) is 32.4 Å². The van der Waals surface area contributed by atoms with Gasteiger partial charge in [-0.15, -0.1) is 10.2 Å². The number of ether oxygens (including phenoxy) is 2. The average Bonchev–Trinajstić information content (AvgIpc) is 3.53. The predicted molar refractivity (Wildman–Crippen MR) is 129 cm³/mol. The third-order valence-corrected chi connectivity index (χ3v) is 9.51. The van der Waals surface area contributed by atoms with Crippen LogP contribution in [0.15, 0.2) is 29.3 Å². The highest BCUT2D eigenvalue weighted by atomic mass is 32.2. The van der Waals surface area contributed by atoms with Gasteiger partial charge in [0.2, 0.25) is 10.0 Å². The first-order valence-electron chi connectivity index (χ1n) is 11.8. The number of hydrogen-bond acceptors (Lipinski definition) is 9. The van der Waals surface area contributed by atoms with Gasteiger partial charge < -0.3 is 18.8 Å². The van der Waals surface area contributed by atoms with Gasteiger partial charge in [0.1, 0.15) is 17.1 Å². The Morgan fingerprint density at radius 2 is 2.03 bits per heavy atom. The monoisotopic (exact) mass is 558 g/mol. The Morgan fingerprint density at radius 1 is 1.19 bits per heavy atom. The number of sulfonamides is 1. The molecule has 0 bridgehead atoms. The van der Waals surface area contributed by atoms with Gasteiger partial charge in [-0.05, 0) is 18.2 Å². The number of alkyl halides is 3. The zero-order valence-electron chi connectivity index (χ0n) is 19.6. The quantitative estimate of drug-likeness (QED) is 0.470. The summed E-state index contributed by atoms with van der Waals surface area (Å²) in [6, 6.07) is 5.26. The van der Waals surface area contributed by atoms with Crippen LogP contribution in [0.5, 0.6) is 0 Å². The first kappa shape index (κ1) is 25.0. The Labute approximate surface area is 215 Å². The molecule has 37 heavy (non-hydrogen) atoms. The summed E-state index contributed by atoms with van der Waals surface area (Å²) >= 11 is 0.749. The van der Waals surface area contributed by atoms with Gasteiger partial charge in [-0.3, -0.25) is 4.90 Å². The molecule has 3 fully saturated rings. The zero-order chi connectivity index (χ0) is 25.8. The SMILES string of the molecule is O=S(=O)(NC1(CF)COC1)c1cc(N2CCN3CCOC[C@H]3C2)c2ccc(-c3nnc(C(F)F)s3)n2c1. The van der Waals surface area contributed by atoms with E-state index in [1.165, 1.54) is 6.20 Å². The predicted octanol–water partition coefficient (Wildman–Crippen LogP) is 1.93. The fourth-order valence-corrected chi connectivity index (χ4v) is 7.08. The number of anilines is 1. The van der Waals surface area contributed by atoms with Crippen LogP contribution >= 0.6 is 11.3 Å². The smallest absolute Gasteiger partial charge is 0.291 e. The lowest BCUT2D eigenvalue weighted by atomic mass is 10.0. The van der Waals surface area contributed by atoms with Crippen molar-refractivity contribution in [1.82, 2.24) is 24.2 Å². The number of fused-ring (bicyclic) bond motifs is 2. The Balaban J connectivity index is 1.45. The molecule has 3 saturated heterocycles. The highest BCUT2D eigenvalue weighted by Crippen LogP contribution is 2.35. The normalized spacial score (nSPS) is 22.4. The van der Waals surface area contributed by atoms with Gasteiger partial charge in [0.05, 0.1) is 49.4 Å². The van der Waals surface area contributed by atoms with Crippen molar-refractivity contribution in [2.45, 2.75) is 22.9 Å². The largest absolute Gasteiger partial charge is 0.378 e. The van der Waals surface area contributed by atoms with Crippen molar-refractivity contribution in [2.75, 3.05) is 64.2 Å². The summed E-state index contributed by atoms with van der Waals surface area (Å²) in [5.74, 6) is 0. The van der Waals surface area contributed by atoms with Crippen molar-refractivity contribution in [1.29, 1.82) is 0 Å². The first-order valence-corrected chi connectivity index (χ1v) is 14.1. The molecule has 6 rings (SSSR count). The molecule has 1 atom stereocenters. The molecule has 6 heterocycles. The van der Waals surface area contributed by atoms with Crippen LogP contribution < -0.4 is 9.62 Å². The zero-order valence-corrected chi connectivity index (χ0v) is 21.3. The molecule has 0 unspecified atom stereocenters. The molecular weight excluding hydrogens is 533 g/mol. The van der Waals surface area contributed by atoms with Crippen LogP contribution in [0, 0.1) is 0 Å². The summed E-state index contributed by atoms with van der Waals surface area (Å²) in [4.78, 5) is 4.39. The second kappa shape index (κ2) is 9.47. The maximum Gasteiger partial charge on any atom is 0.291 e. The molecule has 0 aliphatic carbocycles. The van der Waals surface area contributed by atoms with Crippen molar-refractivity contribution in [3.05, 3.63) is 29.4 Å². The second-order valence-electron chi connectivity index (χ2n) is 9.50. The van der Waals surface area contributed by atoms with E-state index in [1.54, 1.807) is 16.5 Å². The summed E-state index contributed by atoms with van der Waals surface area (Å²) in [5, 5.41) is 7.31. The van der Waals surface area contributed by atoms with E-state index < -0.39 is 33.7 Å². The number of hydrogen-bond donors (Lipinski definition) is 1. The van der Waals surface area contributed by atoms with Crippen LogP contribution in [0.25, 0.3) is 16.2 Å². The highest BCUT2D eigenvalue weighted by Gasteiger charge is 2.43. The number of nitrogens with zero attached hydrogens (tertiary/aromatic N) is 5. The summed E-state index contributed by atoms with van der Waals surface area (Å²) in [6.07, 6.45) is -1.35. The van der Waals surface area contributed by atoms with Gasteiger partial charge in [-0.1, -0.05) is 11.3 Å². The third kappa shape index (κ3) is 4.51. The Kier molecular flexibility index (Phi) is 6.40. The summed E-state index contributed by atoms with van der Waals surface area (Å²) < 4.78 is 81.8. The third-order valence-electron chi connectivity index (χ3n) is 7.01. The number of rotatable bonds is 7. The minimum atomic E-state index is -4.16. The molecular formula is C22H25F3N6O4S2. The number of nitrogens with one attached hydrogen (secondary N) is 1. The summed E-state index contributed by atoms with van der Waals surface area (Å²) in [6.45, 7) is 3.18. The first-order chi connectivity index (χ1) is 17.8. The highest BCUT2D eigenvalue weighted by molar-refractivity contribution is 7.89. The van der Waals surface area contributed by atoms with E-state index in [0.29, 0.717) is 43.2 Å². The number of halogens is 3. The molecule has 3 aromatic heterocycles. The minimum Gasteiger partial charge on any atom is -0.378 e. The van der Waals surface area contributed by atoms with Crippen molar-refractivity contribution in [3.8, 4) is 10.7 Å². The van der Waals surface area contributed by atoms with Crippen LogP contribution in [-0.4, -0.2) is 98.8 Å². The molecule has 3 aromatic rings. The fraction of sp³-hybridized carbons (Fsp3) is 0.545. The summed E-state index contributed by atoms with van der Waals surface area (Å²) in [5.41, 5.74) is 0.492. The van der Waals surface area contributed by atoms with E-state index in [1.807, 2.05) is 6.07 Å². The van der Waals surface area contributed by atoms with Crippen LogP contribution in [0.3, 0.4) is 0 Å². The van der Waals surface area contributed by atoms with E-state index in [-0.39, 0.29) is 29.2 Å². The standard InChI is InChI=1S/C22H25F3N6O4S2/c23-11-22(12-35-13-22)28-37(32,33)15-7-18(30-4-3-29-5-6-34-10-14(29)8-30)16-1-2-17(31(16)9-15)20-26-27-21(36-20)19(24)25/h1-2,7,9,14,19,28H,3-6,8,10-13H2/t14-/m1/s1. The lowest BCUT2D eigenvalue weighted by Gasteiger charge is -2.44. The van der Waals surface area contributed by atoms with Gasteiger partial charge in [0.25, 0.3) is 6.43 Å². The molecule has 0 radical (unpaired) electrons. The minimum absolute atomic E-state index is 0.0581. The molecule has 3 aliphatic rings. The number of pyridine rings is 1. The lowest BCUT2D eigenvalue weighted by molar-refractivity contribution is -0.0725. The number of morpholine rings is 1. The van der Waals surface area contributed by atoms with Gasteiger partial charge in [-0.25, -0.2) is 21.6 Å². The molecule has 0 amide bonds. The number of piperazine rings is 1. The van der Waals surface area contributed by atoms with Crippen molar-refractivity contribution in [2.24, 2.45) is 0 Å². The van der Waals surface area contributed by atoms with Crippen LogP contribution in [0.4, 0.5) is 18.9 Å². The maximum atomic E-state index is 13.7. The van der Waals surface area contributed by atoms with Crippen LogP contribution in [0.2, 0.25) is 0 Å². The Morgan fingerprint density at radius 3 is 2.73 bits per heavy atom. The molecule has 200 valence electrons. The molecule has 1 N–H and O–H groups in total. The lowest BCUT2D eigenvalue weighted by Crippen LogP contribution is -2.63. The maximum absolute atomic E-state index is 13.7. The van der Waals surface area contributed by atoms with Crippen molar-refractivity contribution >= 4 is 32.6 Å². The average molecular weight is 559 g/mol. The molecule has 10 nitrogen and oxygen atoms in total. The van der Waals surface area contributed by atoms with E-state index in [9.17, 15) is 21.6 Å². The number of aromatic nitrogens is 3. The van der Waals surface area contributed by atoms with Crippen molar-refractivity contribution in [3.63, 3.8) is 0 Å². The van der Waals surface area contributed by atoms with Crippen LogP contribution in [0.1, 0.15) is 11.4 Å². The molecule has 3 aliphatic heterocycles. The van der Waals surface area contributed by atoms with Gasteiger partial charge in [0.15, 0.2) is 10.0 Å². The van der Waals surface area contributed by atoms with E-state index in [4.69, 9.17) is 9.47 Å². The Bertz CT molecular complexity index is 1410. The fourth-order valence-electron chi connectivity index (χ4n) is 4.99. The van der Waals surface area contributed by atoms with Gasteiger partial charge in [-0.2, -0.15) is 4.72 Å². The van der Waals surface area contributed by atoms with E-state index in [0.717, 1.165) is 24.4 Å². The Hall–Kier alpha value is -2.30. The van der Waals surface area contributed by atoms with E-state index >= 15 is 0 Å². The molecule has 0 aromatic carbocycles. The topological polar surface area (TPSA) is 101 Å². The van der Waals surface area contributed by atoms with Crippen molar-refractivity contribution < 1.29 is 31.1 Å². The molecule has 0 spiro atoms. The molecule has 15 heteroatoms. The molecule has 0 saturated carbocycles. The summed E-state index contributed by atoms with van der Waals surface area (Å²) in [7, 11) is -4.16. The van der Waals surface area contributed by atoms with Gasteiger partial charge >= 0.3 is 0 Å². The van der Waals surface area contributed by atoms with Crippen LogP contribution in [-0.2, 0) is 19.5 Å². The second-order valence-corrected chi connectivity index (χ2v) is 12.2.